The van der Waals surface area contributed by atoms with E-state index in [2.05, 4.69) is 0 Å². The van der Waals surface area contributed by atoms with Gasteiger partial charge in [0, 0.05) is 0 Å². The van der Waals surface area contributed by atoms with Crippen LogP contribution in [-0.2, 0) is 14.9 Å². The number of carbonyl (C=O) groups is 1. The van der Waals surface area contributed by atoms with Crippen molar-refractivity contribution in [3.8, 4) is 0 Å². The van der Waals surface area contributed by atoms with Crippen LogP contribution in [0.5, 0.6) is 0 Å². The number of aliphatic carboxylic acids is 1. The Labute approximate surface area is 114 Å². The normalized spacial score (nSPS) is 15.2. The van der Waals surface area contributed by atoms with Crippen molar-refractivity contribution in [3.05, 3.63) is 0 Å². The van der Waals surface area contributed by atoms with E-state index in [1.54, 1.807) is 0 Å². The largest absolute Gasteiger partial charge is 0.481 e. The van der Waals surface area contributed by atoms with Crippen molar-refractivity contribution < 1.29 is 22.9 Å². The molecule has 2 N–H and O–H groups in total. The lowest BCUT2D eigenvalue weighted by molar-refractivity contribution is -0.141. The van der Waals surface area contributed by atoms with E-state index in [0.29, 0.717) is 9.28 Å². The third-order valence-electron chi connectivity index (χ3n) is 1.79. The summed E-state index contributed by atoms with van der Waals surface area (Å²) >= 11 is 7.02. The molecule has 2 atom stereocenters. The first-order chi connectivity index (χ1) is 7.68. The molecule has 0 rings (SSSR count). The van der Waals surface area contributed by atoms with Gasteiger partial charge in [0.15, 0.2) is 0 Å². The van der Waals surface area contributed by atoms with Crippen molar-refractivity contribution in [2.24, 2.45) is 5.92 Å². The monoisotopic (exact) mass is 318 g/mol. The number of hydrogen-bond donors (Lipinski definition) is 2. The molecule has 0 bridgehead atoms. The zero-order valence-corrected chi connectivity index (χ0v) is 12.6. The standard InChI is InChI=1S/C8H14O5S4/c1-3-15-8(14)16-6(17(11,12)13)4-5(2)7(9)10/h5-6H,3-4H2,1-2H3,(H,9,10)(H,11,12,13). The van der Waals surface area contributed by atoms with E-state index in [1.807, 2.05) is 6.92 Å². The molecule has 17 heavy (non-hydrogen) atoms. The second kappa shape index (κ2) is 7.57. The highest BCUT2D eigenvalue weighted by molar-refractivity contribution is 8.48. The maximum Gasteiger partial charge on any atom is 0.306 e. The quantitative estimate of drug-likeness (QED) is 0.568. The summed E-state index contributed by atoms with van der Waals surface area (Å²) in [4.78, 5) is 10.6. The van der Waals surface area contributed by atoms with Crippen molar-refractivity contribution in [2.45, 2.75) is 24.9 Å². The molecule has 0 aliphatic heterocycles. The van der Waals surface area contributed by atoms with Crippen molar-refractivity contribution in [1.82, 2.24) is 0 Å². The fourth-order valence-corrected chi connectivity index (χ4v) is 5.06. The Hall–Kier alpha value is 0.170. The molecular formula is C8H14O5S4. The number of thioether (sulfide) groups is 2. The van der Waals surface area contributed by atoms with Crippen LogP contribution in [0.3, 0.4) is 0 Å². The lowest BCUT2D eigenvalue weighted by Gasteiger charge is -2.15. The molecule has 0 fully saturated rings. The summed E-state index contributed by atoms with van der Waals surface area (Å²) in [5.41, 5.74) is 0. The Morgan fingerprint density at radius 1 is 1.47 bits per heavy atom. The van der Waals surface area contributed by atoms with Gasteiger partial charge in [-0.2, -0.15) is 8.42 Å². The van der Waals surface area contributed by atoms with E-state index in [4.69, 9.17) is 21.9 Å². The SMILES string of the molecule is CCSC(=S)SC(CC(C)C(=O)O)S(=O)(=O)O. The Kier molecular flexibility index (Phi) is 7.65. The molecular weight excluding hydrogens is 304 g/mol. The molecule has 0 spiro atoms. The first kappa shape index (κ1) is 17.2. The van der Waals surface area contributed by atoms with Gasteiger partial charge in [-0.05, 0) is 12.2 Å². The van der Waals surface area contributed by atoms with Crippen LogP contribution in [0.2, 0.25) is 0 Å². The van der Waals surface area contributed by atoms with Gasteiger partial charge in [0.2, 0.25) is 0 Å². The number of hydrogen-bond acceptors (Lipinski definition) is 6. The van der Waals surface area contributed by atoms with Gasteiger partial charge in [-0.1, -0.05) is 37.8 Å². The second-order valence-corrected chi connectivity index (χ2v) is 8.79. The van der Waals surface area contributed by atoms with E-state index in [9.17, 15) is 13.2 Å². The fourth-order valence-electron chi connectivity index (χ4n) is 0.879. The molecule has 100 valence electrons. The molecule has 0 amide bonds. The fraction of sp³-hybridized carbons (Fsp3) is 0.750. The van der Waals surface area contributed by atoms with E-state index in [1.165, 1.54) is 18.7 Å². The molecule has 0 aliphatic rings. The first-order valence-corrected chi connectivity index (χ1v) is 8.48. The molecule has 0 saturated carbocycles. The van der Waals surface area contributed by atoms with Crippen LogP contribution in [-0.4, -0.2) is 37.9 Å². The molecule has 0 aromatic carbocycles. The zero-order valence-electron chi connectivity index (χ0n) is 9.32. The Morgan fingerprint density at radius 2 is 2.00 bits per heavy atom. The Morgan fingerprint density at radius 3 is 2.35 bits per heavy atom. The summed E-state index contributed by atoms with van der Waals surface area (Å²) in [6, 6.07) is 0. The van der Waals surface area contributed by atoms with Gasteiger partial charge in [-0.15, -0.1) is 11.8 Å². The molecule has 0 aliphatic carbocycles. The summed E-state index contributed by atoms with van der Waals surface area (Å²) in [7, 11) is -4.31. The van der Waals surface area contributed by atoms with Gasteiger partial charge >= 0.3 is 5.97 Å². The summed E-state index contributed by atoms with van der Waals surface area (Å²) in [5, 5.41) is 8.71. The minimum Gasteiger partial charge on any atom is -0.481 e. The lowest BCUT2D eigenvalue weighted by Crippen LogP contribution is -2.24. The average molecular weight is 318 g/mol. The number of rotatable bonds is 6. The molecule has 0 aromatic heterocycles. The van der Waals surface area contributed by atoms with Crippen molar-refractivity contribution >= 4 is 55.4 Å². The number of carboxylic acid groups (broad SMARTS) is 1. The molecule has 0 radical (unpaired) electrons. The topological polar surface area (TPSA) is 91.7 Å². The smallest absolute Gasteiger partial charge is 0.306 e. The van der Waals surface area contributed by atoms with E-state index in [-0.39, 0.29) is 6.42 Å². The molecule has 0 heterocycles. The predicted molar refractivity (Wildman–Crippen MR) is 75.1 cm³/mol. The van der Waals surface area contributed by atoms with Crippen LogP contribution < -0.4 is 0 Å². The van der Waals surface area contributed by atoms with Gasteiger partial charge < -0.3 is 5.11 Å². The number of thiocarbonyl (C=S) groups is 1. The third kappa shape index (κ3) is 7.24. The maximum atomic E-state index is 11.1. The first-order valence-electron chi connectivity index (χ1n) is 4.71. The van der Waals surface area contributed by atoms with Crippen molar-refractivity contribution in [1.29, 1.82) is 0 Å². The van der Waals surface area contributed by atoms with Gasteiger partial charge in [0.1, 0.15) is 8.11 Å². The van der Waals surface area contributed by atoms with E-state index < -0.39 is 26.6 Å². The molecule has 0 aromatic rings. The van der Waals surface area contributed by atoms with E-state index in [0.717, 1.165) is 11.8 Å². The van der Waals surface area contributed by atoms with Gasteiger partial charge in [-0.25, -0.2) is 0 Å². The Balaban J connectivity index is 4.68. The molecule has 0 saturated heterocycles. The molecule has 5 nitrogen and oxygen atoms in total. The second-order valence-electron chi connectivity index (χ2n) is 3.22. The van der Waals surface area contributed by atoms with Crippen LogP contribution in [0.15, 0.2) is 0 Å². The highest BCUT2D eigenvalue weighted by Crippen LogP contribution is 2.29. The van der Waals surface area contributed by atoms with E-state index >= 15 is 0 Å². The summed E-state index contributed by atoms with van der Waals surface area (Å²) < 4.78 is 30.4. The lowest BCUT2D eigenvalue weighted by atomic mass is 10.1. The third-order valence-corrected chi connectivity index (χ3v) is 6.12. The summed E-state index contributed by atoms with van der Waals surface area (Å²) in [6.07, 6.45) is -0.177. The van der Waals surface area contributed by atoms with Gasteiger partial charge in [0.05, 0.1) is 5.92 Å². The zero-order chi connectivity index (χ0) is 13.6. The van der Waals surface area contributed by atoms with Crippen molar-refractivity contribution in [2.75, 3.05) is 5.75 Å². The van der Waals surface area contributed by atoms with Crippen molar-refractivity contribution in [3.63, 3.8) is 0 Å². The predicted octanol–water partition coefficient (Wildman–Crippen LogP) is 2.08. The Bertz CT molecular complexity index is 377. The van der Waals surface area contributed by atoms with Gasteiger partial charge in [-0.3, -0.25) is 9.35 Å². The minimum absolute atomic E-state index is 0.177. The highest BCUT2D eigenvalue weighted by Gasteiger charge is 2.29. The number of carboxylic acids is 1. The van der Waals surface area contributed by atoms with Crippen LogP contribution in [0.25, 0.3) is 0 Å². The van der Waals surface area contributed by atoms with Crippen LogP contribution in [0, 0.1) is 5.92 Å². The molecule has 9 heteroatoms. The minimum atomic E-state index is -4.31. The summed E-state index contributed by atoms with van der Waals surface area (Å²) in [5.74, 6) is -1.27. The average Bonchev–Trinajstić information content (AvgIpc) is 2.15. The maximum absolute atomic E-state index is 11.1. The van der Waals surface area contributed by atoms with Crippen LogP contribution >= 0.6 is 35.7 Å². The molecule has 2 unspecified atom stereocenters. The van der Waals surface area contributed by atoms with Crippen LogP contribution in [0.1, 0.15) is 20.3 Å². The highest BCUT2D eigenvalue weighted by atomic mass is 32.3. The summed E-state index contributed by atoms with van der Waals surface area (Å²) in [6.45, 7) is 3.25. The van der Waals surface area contributed by atoms with Gasteiger partial charge in [0.25, 0.3) is 10.1 Å². The van der Waals surface area contributed by atoms with Crippen LogP contribution in [0.4, 0.5) is 0 Å².